The maximum Gasteiger partial charge on any atom is 0.416 e. The number of carbonyl (C=O) groups is 1. The molecule has 204 valence electrons. The molecule has 0 saturated heterocycles. The summed E-state index contributed by atoms with van der Waals surface area (Å²) >= 11 is 0. The Morgan fingerprint density at radius 1 is 1.13 bits per heavy atom. The van der Waals surface area contributed by atoms with Crippen molar-refractivity contribution in [1.29, 1.82) is 0 Å². The van der Waals surface area contributed by atoms with E-state index in [0.29, 0.717) is 28.6 Å². The topological polar surface area (TPSA) is 92.9 Å². The van der Waals surface area contributed by atoms with Crippen LogP contribution in [0.5, 0.6) is 0 Å². The molecule has 1 atom stereocenters. The number of rotatable bonds is 9. The number of nitrogens with one attached hydrogen (secondary N) is 1. The number of carboxylic acid groups (broad SMARTS) is 1. The molecule has 1 aliphatic carbocycles. The number of aromatic nitrogens is 4. The maximum atomic E-state index is 13.2. The summed E-state index contributed by atoms with van der Waals surface area (Å²) in [7, 11) is 0. The number of benzene rings is 2. The van der Waals surface area contributed by atoms with Crippen LogP contribution in [0.15, 0.2) is 48.5 Å². The van der Waals surface area contributed by atoms with Gasteiger partial charge < -0.3 is 15.0 Å². The third kappa shape index (κ3) is 5.60. The number of anilines is 1. The Morgan fingerprint density at radius 2 is 1.87 bits per heavy atom. The summed E-state index contributed by atoms with van der Waals surface area (Å²) in [4.78, 5) is 25.3. The van der Waals surface area contributed by atoms with Gasteiger partial charge in [0.05, 0.1) is 5.56 Å². The molecule has 2 N–H and O–H groups in total. The van der Waals surface area contributed by atoms with E-state index < -0.39 is 17.7 Å². The van der Waals surface area contributed by atoms with Gasteiger partial charge in [-0.15, -0.1) is 0 Å². The molecule has 0 aliphatic heterocycles. The minimum absolute atomic E-state index is 0.111. The second-order valence-corrected chi connectivity index (χ2v) is 10.2. The van der Waals surface area contributed by atoms with Gasteiger partial charge in [-0.2, -0.15) is 13.2 Å². The molecule has 4 aromatic rings. The molecule has 0 spiro atoms. The zero-order valence-corrected chi connectivity index (χ0v) is 21.8. The van der Waals surface area contributed by atoms with Crippen molar-refractivity contribution in [3.63, 3.8) is 0 Å². The van der Waals surface area contributed by atoms with Gasteiger partial charge in [-0.25, -0.2) is 19.7 Å². The van der Waals surface area contributed by atoms with Crippen molar-refractivity contribution < 1.29 is 23.1 Å². The van der Waals surface area contributed by atoms with Gasteiger partial charge in [-0.3, -0.25) is 0 Å². The highest BCUT2D eigenvalue weighted by atomic mass is 19.4. The first-order chi connectivity index (χ1) is 18.6. The molecule has 0 bridgehead atoms. The van der Waals surface area contributed by atoms with E-state index in [1.807, 2.05) is 35.8 Å². The molecule has 2 heterocycles. The summed E-state index contributed by atoms with van der Waals surface area (Å²) in [5, 5.41) is 13.3. The highest BCUT2D eigenvalue weighted by molar-refractivity contribution is 5.92. The van der Waals surface area contributed by atoms with E-state index in [1.165, 1.54) is 12.1 Å². The van der Waals surface area contributed by atoms with E-state index in [-0.39, 0.29) is 24.1 Å². The quantitative estimate of drug-likeness (QED) is 0.240. The summed E-state index contributed by atoms with van der Waals surface area (Å²) in [6, 6.07) is 12.8. The SMILES string of the molecule is CCCC(Nc1nc(C(=O)O)nc2nc(-c3cccc(C)c3)n(Cc3ccc(C(F)(F)F)cc3)c12)C1CCC1. The van der Waals surface area contributed by atoms with Crippen molar-refractivity contribution in [2.45, 2.75) is 64.7 Å². The minimum Gasteiger partial charge on any atom is -0.475 e. The summed E-state index contributed by atoms with van der Waals surface area (Å²) in [5.41, 5.74) is 2.44. The molecule has 1 aliphatic rings. The van der Waals surface area contributed by atoms with Gasteiger partial charge in [-0.1, -0.05) is 55.7 Å². The molecule has 2 aromatic heterocycles. The Hall–Kier alpha value is -3.95. The average Bonchev–Trinajstić information content (AvgIpc) is 3.21. The molecule has 0 radical (unpaired) electrons. The molecule has 0 amide bonds. The highest BCUT2D eigenvalue weighted by Crippen LogP contribution is 2.36. The molecule has 10 heteroatoms. The van der Waals surface area contributed by atoms with E-state index in [9.17, 15) is 23.1 Å². The molecule has 1 saturated carbocycles. The van der Waals surface area contributed by atoms with Gasteiger partial charge in [0.25, 0.3) is 0 Å². The lowest BCUT2D eigenvalue weighted by Gasteiger charge is -2.34. The fourth-order valence-electron chi connectivity index (χ4n) is 5.13. The summed E-state index contributed by atoms with van der Waals surface area (Å²) in [6.45, 7) is 4.26. The van der Waals surface area contributed by atoms with E-state index in [0.717, 1.165) is 55.4 Å². The highest BCUT2D eigenvalue weighted by Gasteiger charge is 2.31. The Balaban J connectivity index is 1.68. The first kappa shape index (κ1) is 26.6. The fraction of sp³-hybridized carbons (Fsp3) is 0.379. The molecular weight excluding hydrogens is 507 g/mol. The van der Waals surface area contributed by atoms with Gasteiger partial charge in [0.15, 0.2) is 11.5 Å². The number of imidazole rings is 1. The van der Waals surface area contributed by atoms with Crippen LogP contribution in [0.2, 0.25) is 0 Å². The van der Waals surface area contributed by atoms with Crippen LogP contribution in [-0.2, 0) is 12.7 Å². The number of aryl methyl sites for hydroxylation is 1. The molecule has 1 unspecified atom stereocenters. The van der Waals surface area contributed by atoms with Crippen molar-refractivity contribution in [3.8, 4) is 11.4 Å². The molecule has 5 rings (SSSR count). The van der Waals surface area contributed by atoms with Crippen LogP contribution in [0, 0.1) is 12.8 Å². The largest absolute Gasteiger partial charge is 0.475 e. The monoisotopic (exact) mass is 537 g/mol. The van der Waals surface area contributed by atoms with Crippen LogP contribution >= 0.6 is 0 Å². The second-order valence-electron chi connectivity index (χ2n) is 10.2. The van der Waals surface area contributed by atoms with Crippen molar-refractivity contribution in [3.05, 3.63) is 71.0 Å². The predicted octanol–water partition coefficient (Wildman–Crippen LogP) is 6.95. The van der Waals surface area contributed by atoms with Gasteiger partial charge in [0, 0.05) is 18.2 Å². The van der Waals surface area contributed by atoms with Crippen LogP contribution in [0.25, 0.3) is 22.6 Å². The Kier molecular flexibility index (Phi) is 7.29. The van der Waals surface area contributed by atoms with E-state index in [2.05, 4.69) is 22.2 Å². The van der Waals surface area contributed by atoms with Crippen LogP contribution in [-0.4, -0.2) is 36.6 Å². The van der Waals surface area contributed by atoms with E-state index >= 15 is 0 Å². The molecular formula is C29H30F3N5O2. The van der Waals surface area contributed by atoms with Crippen LogP contribution < -0.4 is 5.32 Å². The zero-order valence-electron chi connectivity index (χ0n) is 21.8. The second kappa shape index (κ2) is 10.7. The Bertz CT molecular complexity index is 1490. The number of aromatic carboxylic acids is 1. The Labute approximate surface area is 224 Å². The minimum atomic E-state index is -4.43. The number of halogens is 3. The lowest BCUT2D eigenvalue weighted by atomic mass is 9.78. The first-order valence-corrected chi connectivity index (χ1v) is 13.1. The van der Waals surface area contributed by atoms with Gasteiger partial charge >= 0.3 is 12.1 Å². The molecule has 39 heavy (non-hydrogen) atoms. The third-order valence-electron chi connectivity index (χ3n) is 7.33. The number of alkyl halides is 3. The normalized spacial score (nSPS) is 14.8. The average molecular weight is 538 g/mol. The maximum absolute atomic E-state index is 13.2. The summed E-state index contributed by atoms with van der Waals surface area (Å²) in [5.74, 6) is -0.245. The molecule has 2 aromatic carbocycles. The third-order valence-corrected chi connectivity index (χ3v) is 7.33. The molecule has 1 fully saturated rings. The van der Waals surface area contributed by atoms with Crippen molar-refractivity contribution >= 4 is 23.0 Å². The lowest BCUT2D eigenvalue weighted by Crippen LogP contribution is -2.34. The van der Waals surface area contributed by atoms with Crippen LogP contribution in [0.1, 0.15) is 66.3 Å². The van der Waals surface area contributed by atoms with E-state index in [1.54, 1.807) is 0 Å². The smallest absolute Gasteiger partial charge is 0.416 e. The fourth-order valence-corrected chi connectivity index (χ4v) is 5.13. The number of carboxylic acids is 1. The van der Waals surface area contributed by atoms with Crippen molar-refractivity contribution in [1.82, 2.24) is 19.5 Å². The van der Waals surface area contributed by atoms with Gasteiger partial charge in [-0.05, 0) is 55.9 Å². The lowest BCUT2D eigenvalue weighted by molar-refractivity contribution is -0.137. The van der Waals surface area contributed by atoms with E-state index in [4.69, 9.17) is 4.98 Å². The summed E-state index contributed by atoms with van der Waals surface area (Å²) < 4.78 is 41.4. The van der Waals surface area contributed by atoms with Crippen LogP contribution in [0.3, 0.4) is 0 Å². The summed E-state index contributed by atoms with van der Waals surface area (Å²) in [6.07, 6.45) is 0.772. The molecule has 7 nitrogen and oxygen atoms in total. The standard InChI is InChI=1S/C29H30F3N5O2/c1-3-6-22(19-8-5-9-19)33-24-23-25(35-26(34-24)28(38)39)36-27(20-10-4-7-17(2)15-20)37(23)16-18-11-13-21(14-12-18)29(30,31)32/h4,7,10-15,19,22H,3,5-6,8-9,16H2,1-2H3,(H,38,39)(H,33,34,35). The predicted molar refractivity (Wildman–Crippen MR) is 143 cm³/mol. The Morgan fingerprint density at radius 3 is 2.46 bits per heavy atom. The van der Waals surface area contributed by atoms with Gasteiger partial charge in [0.1, 0.15) is 11.3 Å². The number of hydrogen-bond donors (Lipinski definition) is 2. The van der Waals surface area contributed by atoms with Crippen LogP contribution in [0.4, 0.5) is 19.0 Å². The first-order valence-electron chi connectivity index (χ1n) is 13.1. The van der Waals surface area contributed by atoms with Crippen molar-refractivity contribution in [2.75, 3.05) is 5.32 Å². The van der Waals surface area contributed by atoms with Gasteiger partial charge in [0.2, 0.25) is 5.82 Å². The zero-order chi connectivity index (χ0) is 27.7. The van der Waals surface area contributed by atoms with Crippen molar-refractivity contribution in [2.24, 2.45) is 5.92 Å². The number of fused-ring (bicyclic) bond motifs is 1. The number of nitrogens with zero attached hydrogens (tertiary/aromatic N) is 4. The number of hydrogen-bond acceptors (Lipinski definition) is 5.